The molecule has 29 heavy (non-hydrogen) atoms. The van der Waals surface area contributed by atoms with Crippen LogP contribution in [0, 0.1) is 6.92 Å². The molecule has 0 bridgehead atoms. The molecular formula is C19H30N6O3S. The molecule has 2 saturated heterocycles. The molecule has 2 aliphatic heterocycles. The van der Waals surface area contributed by atoms with Crippen LogP contribution in [0.25, 0.3) is 11.0 Å². The lowest BCUT2D eigenvalue weighted by Gasteiger charge is -2.32. The number of aryl methyl sites for hydroxylation is 1. The van der Waals surface area contributed by atoms with Crippen LogP contribution in [0.4, 0.5) is 11.8 Å². The van der Waals surface area contributed by atoms with Crippen molar-refractivity contribution in [3.8, 4) is 0 Å². The van der Waals surface area contributed by atoms with E-state index in [1.54, 1.807) is 4.31 Å². The van der Waals surface area contributed by atoms with Crippen LogP contribution >= 0.6 is 0 Å². The lowest BCUT2D eigenvalue weighted by molar-refractivity contribution is 0.214. The summed E-state index contributed by atoms with van der Waals surface area (Å²) in [5.41, 5.74) is 1.90. The van der Waals surface area contributed by atoms with E-state index in [-0.39, 0.29) is 18.4 Å². The third-order valence-electron chi connectivity index (χ3n) is 5.73. The fraction of sp³-hybridized carbons (Fsp3) is 0.684. The number of nitrogens with zero attached hydrogens (tertiary/aromatic N) is 4. The Morgan fingerprint density at radius 2 is 1.93 bits per heavy atom. The summed E-state index contributed by atoms with van der Waals surface area (Å²) in [5, 5.41) is 4.56. The number of H-pyrrole nitrogens is 1. The first-order chi connectivity index (χ1) is 14.0. The number of hydrogen-bond acceptors (Lipinski definition) is 7. The van der Waals surface area contributed by atoms with Gasteiger partial charge in [0.05, 0.1) is 17.7 Å². The van der Waals surface area contributed by atoms with Crippen molar-refractivity contribution in [3.05, 3.63) is 11.8 Å². The maximum absolute atomic E-state index is 12.4. The minimum Gasteiger partial charge on any atom is -0.384 e. The normalized spacial score (nSPS) is 19.3. The predicted molar refractivity (Wildman–Crippen MR) is 114 cm³/mol. The van der Waals surface area contributed by atoms with Gasteiger partial charge in [-0.1, -0.05) is 0 Å². The van der Waals surface area contributed by atoms with Crippen molar-refractivity contribution in [1.82, 2.24) is 19.3 Å². The molecule has 0 amide bonds. The molecule has 0 aromatic carbocycles. The van der Waals surface area contributed by atoms with E-state index in [9.17, 15) is 8.42 Å². The maximum Gasteiger partial charge on any atom is 0.229 e. The minimum atomic E-state index is -3.25. The number of aromatic amines is 1. The number of nitrogens with one attached hydrogen (secondary N) is 2. The first-order valence-electron chi connectivity index (χ1n) is 10.3. The average Bonchev–Trinajstić information content (AvgIpc) is 3.36. The van der Waals surface area contributed by atoms with Crippen LogP contribution in [0.5, 0.6) is 0 Å². The van der Waals surface area contributed by atoms with E-state index in [4.69, 9.17) is 14.7 Å². The Balaban J connectivity index is 1.48. The molecule has 2 aliphatic rings. The first-order valence-corrected chi connectivity index (χ1v) is 11.9. The Kier molecular flexibility index (Phi) is 5.93. The Bertz CT molecular complexity index is 946. The standard InChI is InChI=1S/C19H30N6O3S/c1-14-13-16-17(20-14)22-19(24-7-3-4-8-24)23-18(16)21-15-5-9-25(10-6-15)29(26,27)12-11-28-2/h13,15H,3-12H2,1-2H3,(H2,20,21,22,23). The molecule has 10 heteroatoms. The van der Waals surface area contributed by atoms with Gasteiger partial charge in [-0.2, -0.15) is 9.97 Å². The number of methoxy groups -OCH3 is 1. The largest absolute Gasteiger partial charge is 0.384 e. The Morgan fingerprint density at radius 3 is 2.62 bits per heavy atom. The molecule has 2 aromatic heterocycles. The Labute approximate surface area is 171 Å². The third kappa shape index (κ3) is 4.49. The molecule has 2 fully saturated rings. The highest BCUT2D eigenvalue weighted by atomic mass is 32.2. The Morgan fingerprint density at radius 1 is 1.21 bits per heavy atom. The molecule has 2 N–H and O–H groups in total. The van der Waals surface area contributed by atoms with E-state index in [2.05, 4.69) is 21.3 Å². The zero-order chi connectivity index (χ0) is 20.4. The second-order valence-electron chi connectivity index (χ2n) is 7.91. The predicted octanol–water partition coefficient (Wildman–Crippen LogP) is 1.72. The summed E-state index contributed by atoms with van der Waals surface area (Å²) in [6, 6.07) is 2.25. The third-order valence-corrected chi connectivity index (χ3v) is 7.57. The van der Waals surface area contributed by atoms with E-state index in [0.29, 0.717) is 13.1 Å². The van der Waals surface area contributed by atoms with Gasteiger partial charge in [0.15, 0.2) is 0 Å². The number of rotatable bonds is 7. The summed E-state index contributed by atoms with van der Waals surface area (Å²) < 4.78 is 31.3. The number of sulfonamides is 1. The minimum absolute atomic E-state index is 0.0376. The fourth-order valence-corrected chi connectivity index (χ4v) is 5.49. The zero-order valence-corrected chi connectivity index (χ0v) is 18.0. The summed E-state index contributed by atoms with van der Waals surface area (Å²) in [4.78, 5) is 15.1. The highest BCUT2D eigenvalue weighted by Gasteiger charge is 2.28. The van der Waals surface area contributed by atoms with Crippen LogP contribution in [-0.4, -0.2) is 79.4 Å². The van der Waals surface area contributed by atoms with Crippen molar-refractivity contribution in [2.75, 3.05) is 55.9 Å². The average molecular weight is 423 g/mol. The van der Waals surface area contributed by atoms with Crippen molar-refractivity contribution in [1.29, 1.82) is 0 Å². The Hall–Kier alpha value is -1.91. The molecular weight excluding hydrogens is 392 g/mol. The van der Waals surface area contributed by atoms with Crippen LogP contribution < -0.4 is 10.2 Å². The van der Waals surface area contributed by atoms with E-state index in [0.717, 1.165) is 54.4 Å². The number of anilines is 2. The van der Waals surface area contributed by atoms with Gasteiger partial charge in [0.2, 0.25) is 16.0 Å². The molecule has 160 valence electrons. The van der Waals surface area contributed by atoms with E-state index < -0.39 is 10.0 Å². The molecule has 0 atom stereocenters. The van der Waals surface area contributed by atoms with Crippen molar-refractivity contribution in [2.45, 2.75) is 38.6 Å². The number of hydrogen-bond donors (Lipinski definition) is 2. The molecule has 4 heterocycles. The summed E-state index contributed by atoms with van der Waals surface area (Å²) in [6.45, 7) is 5.26. The molecule has 0 spiro atoms. The maximum atomic E-state index is 12.4. The summed E-state index contributed by atoms with van der Waals surface area (Å²) in [6.07, 6.45) is 3.84. The van der Waals surface area contributed by atoms with Gasteiger partial charge < -0.3 is 19.9 Å². The molecule has 4 rings (SSSR count). The van der Waals surface area contributed by atoms with Crippen LogP contribution in [-0.2, 0) is 14.8 Å². The zero-order valence-electron chi connectivity index (χ0n) is 17.1. The molecule has 0 radical (unpaired) electrons. The topological polar surface area (TPSA) is 103 Å². The number of aromatic nitrogens is 3. The number of ether oxygens (including phenoxy) is 1. The number of piperidine rings is 1. The van der Waals surface area contributed by atoms with E-state index in [1.165, 1.54) is 20.0 Å². The first kappa shape index (κ1) is 20.4. The highest BCUT2D eigenvalue weighted by Crippen LogP contribution is 2.28. The quantitative estimate of drug-likeness (QED) is 0.700. The van der Waals surface area contributed by atoms with Crippen molar-refractivity contribution >= 4 is 32.8 Å². The van der Waals surface area contributed by atoms with Crippen LogP contribution in [0.2, 0.25) is 0 Å². The van der Waals surface area contributed by atoms with Gasteiger partial charge >= 0.3 is 0 Å². The van der Waals surface area contributed by atoms with Gasteiger partial charge in [0, 0.05) is 45.0 Å². The summed E-state index contributed by atoms with van der Waals surface area (Å²) >= 11 is 0. The van der Waals surface area contributed by atoms with Crippen molar-refractivity contribution < 1.29 is 13.2 Å². The highest BCUT2D eigenvalue weighted by molar-refractivity contribution is 7.89. The van der Waals surface area contributed by atoms with Crippen molar-refractivity contribution in [2.24, 2.45) is 0 Å². The SMILES string of the molecule is COCCS(=O)(=O)N1CCC(Nc2nc(N3CCCC3)nc3[nH]c(C)cc23)CC1. The second-order valence-corrected chi connectivity index (χ2v) is 10.00. The summed E-state index contributed by atoms with van der Waals surface area (Å²) in [7, 11) is -1.73. The van der Waals surface area contributed by atoms with Gasteiger partial charge in [-0.05, 0) is 38.7 Å². The van der Waals surface area contributed by atoms with E-state index in [1.807, 2.05) is 6.92 Å². The monoisotopic (exact) mass is 422 g/mol. The number of fused-ring (bicyclic) bond motifs is 1. The van der Waals surface area contributed by atoms with Crippen LogP contribution in [0.1, 0.15) is 31.4 Å². The van der Waals surface area contributed by atoms with Gasteiger partial charge in [-0.15, -0.1) is 0 Å². The van der Waals surface area contributed by atoms with Crippen molar-refractivity contribution in [3.63, 3.8) is 0 Å². The van der Waals surface area contributed by atoms with Crippen LogP contribution in [0.15, 0.2) is 6.07 Å². The van der Waals surface area contributed by atoms with Gasteiger partial charge in [0.1, 0.15) is 11.5 Å². The molecule has 0 saturated carbocycles. The molecule has 0 aliphatic carbocycles. The smallest absolute Gasteiger partial charge is 0.229 e. The molecule has 0 unspecified atom stereocenters. The molecule has 2 aromatic rings. The van der Waals surface area contributed by atoms with Gasteiger partial charge in [-0.3, -0.25) is 0 Å². The van der Waals surface area contributed by atoms with Gasteiger partial charge in [-0.25, -0.2) is 12.7 Å². The fourth-order valence-electron chi connectivity index (χ4n) is 4.09. The lowest BCUT2D eigenvalue weighted by Crippen LogP contribution is -2.43. The second kappa shape index (κ2) is 8.45. The summed E-state index contributed by atoms with van der Waals surface area (Å²) in [5.74, 6) is 1.64. The van der Waals surface area contributed by atoms with Crippen LogP contribution in [0.3, 0.4) is 0 Å². The molecule has 9 nitrogen and oxygen atoms in total. The van der Waals surface area contributed by atoms with E-state index >= 15 is 0 Å². The lowest BCUT2D eigenvalue weighted by atomic mass is 10.1. The van der Waals surface area contributed by atoms with Gasteiger partial charge in [0.25, 0.3) is 0 Å².